The maximum Gasteiger partial charge on any atom is 0.0579 e. The number of ether oxygens (including phenoxy) is 2. The zero-order valence-electron chi connectivity index (χ0n) is 7.63. The maximum absolute atomic E-state index is 5.60. The summed E-state index contributed by atoms with van der Waals surface area (Å²) < 4.78 is 11.0. The molecule has 2 atom stereocenters. The molecule has 2 unspecified atom stereocenters. The Morgan fingerprint density at radius 1 is 1.08 bits per heavy atom. The molecule has 0 N–H and O–H groups in total. The lowest BCUT2D eigenvalue weighted by Gasteiger charge is -2.24. The standard InChI is InChI=1S/C10H18O2/c1-3-9(8-11-5-1)7-10-4-2-6-12-10/h9-10H,1-8H2. The molecule has 0 aromatic heterocycles. The zero-order valence-corrected chi connectivity index (χ0v) is 7.63. The Hall–Kier alpha value is -0.0800. The zero-order chi connectivity index (χ0) is 8.23. The Morgan fingerprint density at radius 3 is 2.67 bits per heavy atom. The van der Waals surface area contributed by atoms with Crippen LogP contribution in [0.25, 0.3) is 0 Å². The number of hydrogen-bond acceptors (Lipinski definition) is 2. The van der Waals surface area contributed by atoms with Crippen LogP contribution in [0.3, 0.4) is 0 Å². The van der Waals surface area contributed by atoms with Gasteiger partial charge in [-0.3, -0.25) is 0 Å². The highest BCUT2D eigenvalue weighted by Crippen LogP contribution is 2.24. The van der Waals surface area contributed by atoms with E-state index in [1.165, 1.54) is 32.1 Å². The highest BCUT2D eigenvalue weighted by Gasteiger charge is 2.22. The molecule has 2 saturated heterocycles. The first kappa shape index (κ1) is 8.52. The monoisotopic (exact) mass is 170 g/mol. The molecule has 2 heteroatoms. The summed E-state index contributed by atoms with van der Waals surface area (Å²) in [4.78, 5) is 0. The highest BCUT2D eigenvalue weighted by atomic mass is 16.5. The van der Waals surface area contributed by atoms with Crippen molar-refractivity contribution >= 4 is 0 Å². The lowest BCUT2D eigenvalue weighted by molar-refractivity contribution is 0.0207. The van der Waals surface area contributed by atoms with E-state index >= 15 is 0 Å². The van der Waals surface area contributed by atoms with Crippen LogP contribution in [0.1, 0.15) is 32.1 Å². The van der Waals surface area contributed by atoms with Crippen molar-refractivity contribution in [1.82, 2.24) is 0 Å². The highest BCUT2D eigenvalue weighted by molar-refractivity contribution is 4.72. The summed E-state index contributed by atoms with van der Waals surface area (Å²) >= 11 is 0. The average Bonchev–Trinajstić information content (AvgIpc) is 2.59. The first-order valence-corrected chi connectivity index (χ1v) is 5.14. The van der Waals surface area contributed by atoms with E-state index in [1.807, 2.05) is 0 Å². The van der Waals surface area contributed by atoms with Crippen molar-refractivity contribution < 1.29 is 9.47 Å². The minimum Gasteiger partial charge on any atom is -0.381 e. The minimum atomic E-state index is 0.552. The molecule has 2 aliphatic heterocycles. The van der Waals surface area contributed by atoms with Crippen LogP contribution in [0.15, 0.2) is 0 Å². The molecular formula is C10H18O2. The van der Waals surface area contributed by atoms with Gasteiger partial charge in [-0.05, 0) is 38.0 Å². The van der Waals surface area contributed by atoms with E-state index in [-0.39, 0.29) is 0 Å². The molecule has 2 rings (SSSR count). The van der Waals surface area contributed by atoms with Crippen LogP contribution in [-0.4, -0.2) is 25.9 Å². The molecule has 0 aromatic carbocycles. The van der Waals surface area contributed by atoms with Gasteiger partial charge in [-0.2, -0.15) is 0 Å². The predicted molar refractivity (Wildman–Crippen MR) is 47.1 cm³/mol. The Morgan fingerprint density at radius 2 is 2.00 bits per heavy atom. The normalized spacial score (nSPS) is 37.0. The molecule has 0 bridgehead atoms. The minimum absolute atomic E-state index is 0.552. The second-order valence-corrected chi connectivity index (χ2v) is 3.95. The summed E-state index contributed by atoms with van der Waals surface area (Å²) in [6.45, 7) is 2.93. The molecular weight excluding hydrogens is 152 g/mol. The Labute approximate surface area is 74.2 Å². The predicted octanol–water partition coefficient (Wildman–Crippen LogP) is 1.98. The second kappa shape index (κ2) is 4.24. The molecule has 70 valence electrons. The average molecular weight is 170 g/mol. The van der Waals surface area contributed by atoms with Crippen molar-refractivity contribution in [3.8, 4) is 0 Å². The molecule has 0 spiro atoms. The van der Waals surface area contributed by atoms with Crippen molar-refractivity contribution in [2.45, 2.75) is 38.2 Å². The van der Waals surface area contributed by atoms with Gasteiger partial charge in [0, 0.05) is 19.8 Å². The third-order valence-corrected chi connectivity index (χ3v) is 2.87. The fourth-order valence-electron chi connectivity index (χ4n) is 2.20. The van der Waals surface area contributed by atoms with Crippen LogP contribution in [0, 0.1) is 5.92 Å². The van der Waals surface area contributed by atoms with E-state index < -0.39 is 0 Å². The van der Waals surface area contributed by atoms with E-state index in [1.54, 1.807) is 0 Å². The molecule has 0 radical (unpaired) electrons. The van der Waals surface area contributed by atoms with Gasteiger partial charge in [0.1, 0.15) is 0 Å². The molecule has 0 aliphatic carbocycles. The van der Waals surface area contributed by atoms with E-state index in [0.717, 1.165) is 25.7 Å². The summed E-state index contributed by atoms with van der Waals surface area (Å²) in [5.41, 5.74) is 0. The maximum atomic E-state index is 5.60. The Balaban J connectivity index is 1.69. The van der Waals surface area contributed by atoms with Gasteiger partial charge in [-0.1, -0.05) is 0 Å². The SMILES string of the molecule is C1COCC(CC2CCCO2)C1. The van der Waals surface area contributed by atoms with Crippen LogP contribution >= 0.6 is 0 Å². The van der Waals surface area contributed by atoms with Crippen LogP contribution in [0.2, 0.25) is 0 Å². The summed E-state index contributed by atoms with van der Waals surface area (Å²) in [5, 5.41) is 0. The quantitative estimate of drug-likeness (QED) is 0.631. The van der Waals surface area contributed by atoms with Crippen LogP contribution in [0.4, 0.5) is 0 Å². The molecule has 2 nitrogen and oxygen atoms in total. The van der Waals surface area contributed by atoms with E-state index in [0.29, 0.717) is 6.10 Å². The van der Waals surface area contributed by atoms with Crippen LogP contribution in [-0.2, 0) is 9.47 Å². The lowest BCUT2D eigenvalue weighted by Crippen LogP contribution is -2.22. The Bertz CT molecular complexity index is 124. The molecule has 0 amide bonds. The van der Waals surface area contributed by atoms with Crippen molar-refractivity contribution in [3.63, 3.8) is 0 Å². The van der Waals surface area contributed by atoms with E-state index in [2.05, 4.69) is 0 Å². The van der Waals surface area contributed by atoms with Crippen molar-refractivity contribution in [2.75, 3.05) is 19.8 Å². The van der Waals surface area contributed by atoms with Gasteiger partial charge in [0.15, 0.2) is 0 Å². The second-order valence-electron chi connectivity index (χ2n) is 3.95. The molecule has 2 fully saturated rings. The van der Waals surface area contributed by atoms with Gasteiger partial charge in [-0.25, -0.2) is 0 Å². The van der Waals surface area contributed by atoms with Gasteiger partial charge < -0.3 is 9.47 Å². The van der Waals surface area contributed by atoms with Gasteiger partial charge in [0.2, 0.25) is 0 Å². The summed E-state index contributed by atoms with van der Waals surface area (Å²) in [7, 11) is 0. The van der Waals surface area contributed by atoms with Gasteiger partial charge in [-0.15, -0.1) is 0 Å². The fourth-order valence-corrected chi connectivity index (χ4v) is 2.20. The molecule has 12 heavy (non-hydrogen) atoms. The number of rotatable bonds is 2. The van der Waals surface area contributed by atoms with Gasteiger partial charge in [0.25, 0.3) is 0 Å². The lowest BCUT2D eigenvalue weighted by atomic mass is 9.95. The summed E-state index contributed by atoms with van der Waals surface area (Å²) in [6.07, 6.45) is 6.92. The molecule has 0 aromatic rings. The summed E-state index contributed by atoms with van der Waals surface area (Å²) in [5.74, 6) is 0.779. The van der Waals surface area contributed by atoms with Gasteiger partial charge >= 0.3 is 0 Å². The van der Waals surface area contributed by atoms with E-state index in [9.17, 15) is 0 Å². The molecule has 2 heterocycles. The largest absolute Gasteiger partial charge is 0.381 e. The van der Waals surface area contributed by atoms with Gasteiger partial charge in [0.05, 0.1) is 6.10 Å². The first-order chi connectivity index (χ1) is 5.95. The number of hydrogen-bond donors (Lipinski definition) is 0. The Kier molecular flexibility index (Phi) is 3.01. The van der Waals surface area contributed by atoms with E-state index in [4.69, 9.17) is 9.47 Å². The first-order valence-electron chi connectivity index (χ1n) is 5.14. The van der Waals surface area contributed by atoms with Crippen molar-refractivity contribution in [1.29, 1.82) is 0 Å². The molecule has 0 saturated carbocycles. The van der Waals surface area contributed by atoms with Crippen LogP contribution in [0.5, 0.6) is 0 Å². The van der Waals surface area contributed by atoms with Crippen LogP contribution < -0.4 is 0 Å². The third-order valence-electron chi connectivity index (χ3n) is 2.87. The topological polar surface area (TPSA) is 18.5 Å². The fraction of sp³-hybridized carbons (Fsp3) is 1.00. The summed E-state index contributed by atoms with van der Waals surface area (Å²) in [6, 6.07) is 0. The van der Waals surface area contributed by atoms with Crippen molar-refractivity contribution in [2.24, 2.45) is 5.92 Å². The van der Waals surface area contributed by atoms with Crippen molar-refractivity contribution in [3.05, 3.63) is 0 Å². The third kappa shape index (κ3) is 2.20. The molecule has 2 aliphatic rings. The smallest absolute Gasteiger partial charge is 0.0579 e.